The van der Waals surface area contributed by atoms with Crippen molar-refractivity contribution < 1.29 is 27.4 Å². The summed E-state index contributed by atoms with van der Waals surface area (Å²) in [5.74, 6) is 2.11. The van der Waals surface area contributed by atoms with E-state index in [-0.39, 0.29) is 11.1 Å². The van der Waals surface area contributed by atoms with Crippen LogP contribution in [0.15, 0.2) is 29.4 Å². The maximum atomic E-state index is 13.1. The molecule has 2 aromatic rings. The Labute approximate surface area is 177 Å². The topological polar surface area (TPSA) is 61.6 Å². The first-order valence-electron chi connectivity index (χ1n) is 9.77. The second-order valence-electron chi connectivity index (χ2n) is 6.60. The Kier molecular flexibility index (Phi) is 8.08. The van der Waals surface area contributed by atoms with E-state index in [0.29, 0.717) is 51.0 Å². The van der Waals surface area contributed by atoms with Crippen molar-refractivity contribution in [3.63, 3.8) is 0 Å². The normalized spacial score (nSPS) is 14.7. The Morgan fingerprint density at radius 2 is 1.67 bits per heavy atom. The summed E-state index contributed by atoms with van der Waals surface area (Å²) in [6, 6.07) is 7.26. The first-order chi connectivity index (χ1) is 14.5. The number of nitrogens with zero attached hydrogens (tertiary/aromatic N) is 4. The van der Waals surface area contributed by atoms with Crippen LogP contribution in [0.4, 0.5) is 19.1 Å². The summed E-state index contributed by atoms with van der Waals surface area (Å²) in [5, 5.41) is 8.21. The number of morpholine rings is 1. The van der Waals surface area contributed by atoms with E-state index < -0.39 is 12.7 Å². The van der Waals surface area contributed by atoms with Gasteiger partial charge in [0.15, 0.2) is 5.16 Å². The SMILES string of the molecule is CCCOc1ccc(OCCSc2nnc(N3CCOCC3)n2CC(F)(F)F)cc1. The Hall–Kier alpha value is -2.14. The molecule has 0 spiro atoms. The zero-order valence-electron chi connectivity index (χ0n) is 16.7. The van der Waals surface area contributed by atoms with Gasteiger partial charge >= 0.3 is 6.18 Å². The molecule has 1 saturated heterocycles. The van der Waals surface area contributed by atoms with E-state index in [2.05, 4.69) is 10.2 Å². The van der Waals surface area contributed by atoms with Gasteiger partial charge in [-0.05, 0) is 30.7 Å². The molecule has 1 aromatic heterocycles. The quantitative estimate of drug-likeness (QED) is 0.408. The number of rotatable bonds is 10. The van der Waals surface area contributed by atoms with E-state index in [0.717, 1.165) is 16.7 Å². The van der Waals surface area contributed by atoms with Gasteiger partial charge < -0.3 is 19.1 Å². The summed E-state index contributed by atoms with van der Waals surface area (Å²) in [6.45, 7) is 3.77. The van der Waals surface area contributed by atoms with Crippen LogP contribution in [0.2, 0.25) is 0 Å². The number of aromatic nitrogens is 3. The molecule has 0 amide bonds. The van der Waals surface area contributed by atoms with E-state index in [1.54, 1.807) is 17.0 Å². The highest BCUT2D eigenvalue weighted by Crippen LogP contribution is 2.28. The highest BCUT2D eigenvalue weighted by molar-refractivity contribution is 7.99. The molecule has 2 heterocycles. The molecule has 1 fully saturated rings. The second kappa shape index (κ2) is 10.8. The second-order valence-corrected chi connectivity index (χ2v) is 7.66. The van der Waals surface area contributed by atoms with Gasteiger partial charge in [0, 0.05) is 18.8 Å². The smallest absolute Gasteiger partial charge is 0.406 e. The first-order valence-corrected chi connectivity index (χ1v) is 10.8. The largest absolute Gasteiger partial charge is 0.494 e. The van der Waals surface area contributed by atoms with Gasteiger partial charge in [0.05, 0.1) is 26.4 Å². The van der Waals surface area contributed by atoms with E-state index >= 15 is 0 Å². The molecule has 0 aliphatic carbocycles. The number of alkyl halides is 3. The molecule has 11 heteroatoms. The van der Waals surface area contributed by atoms with Crippen molar-refractivity contribution in [1.82, 2.24) is 14.8 Å². The van der Waals surface area contributed by atoms with Crippen molar-refractivity contribution >= 4 is 17.7 Å². The molecule has 7 nitrogen and oxygen atoms in total. The fraction of sp³-hybridized carbons (Fsp3) is 0.579. The van der Waals surface area contributed by atoms with Crippen molar-refractivity contribution in [3.05, 3.63) is 24.3 Å². The summed E-state index contributed by atoms with van der Waals surface area (Å²) in [4.78, 5) is 1.77. The predicted octanol–water partition coefficient (Wildman–Crippen LogP) is 3.64. The third kappa shape index (κ3) is 6.69. The van der Waals surface area contributed by atoms with Crippen LogP contribution in [-0.2, 0) is 11.3 Å². The van der Waals surface area contributed by atoms with Gasteiger partial charge in [0.2, 0.25) is 5.95 Å². The average Bonchev–Trinajstić information content (AvgIpc) is 3.12. The Bertz CT molecular complexity index is 780. The lowest BCUT2D eigenvalue weighted by molar-refractivity contribution is -0.141. The van der Waals surface area contributed by atoms with Crippen LogP contribution < -0.4 is 14.4 Å². The van der Waals surface area contributed by atoms with E-state index in [4.69, 9.17) is 14.2 Å². The minimum atomic E-state index is -4.36. The zero-order chi connectivity index (χ0) is 21.4. The van der Waals surface area contributed by atoms with Gasteiger partial charge in [0.25, 0.3) is 0 Å². The minimum Gasteiger partial charge on any atom is -0.494 e. The lowest BCUT2D eigenvalue weighted by Crippen LogP contribution is -2.38. The van der Waals surface area contributed by atoms with Crippen molar-refractivity contribution in [2.24, 2.45) is 0 Å². The molecule has 0 atom stereocenters. The summed E-state index contributed by atoms with van der Waals surface area (Å²) in [7, 11) is 0. The molecular weight excluding hydrogens is 421 g/mol. The predicted molar refractivity (Wildman–Crippen MR) is 108 cm³/mol. The zero-order valence-corrected chi connectivity index (χ0v) is 17.5. The number of hydrogen-bond acceptors (Lipinski definition) is 7. The van der Waals surface area contributed by atoms with E-state index in [1.807, 2.05) is 19.1 Å². The van der Waals surface area contributed by atoms with Gasteiger partial charge in [-0.1, -0.05) is 18.7 Å². The molecule has 0 radical (unpaired) electrons. The van der Waals surface area contributed by atoms with Crippen molar-refractivity contribution in [3.8, 4) is 11.5 Å². The fourth-order valence-corrected chi connectivity index (χ4v) is 3.60. The highest BCUT2D eigenvalue weighted by Gasteiger charge is 2.32. The molecule has 1 aromatic carbocycles. The van der Waals surface area contributed by atoms with Gasteiger partial charge in [-0.2, -0.15) is 13.2 Å². The van der Waals surface area contributed by atoms with Crippen LogP contribution in [0.1, 0.15) is 13.3 Å². The van der Waals surface area contributed by atoms with Crippen LogP contribution in [0.25, 0.3) is 0 Å². The van der Waals surface area contributed by atoms with Gasteiger partial charge in [0.1, 0.15) is 18.0 Å². The summed E-state index contributed by atoms with van der Waals surface area (Å²) >= 11 is 1.19. The van der Waals surface area contributed by atoms with Crippen molar-refractivity contribution in [1.29, 1.82) is 0 Å². The van der Waals surface area contributed by atoms with Crippen molar-refractivity contribution in [2.45, 2.75) is 31.2 Å². The molecule has 0 bridgehead atoms. The number of benzene rings is 1. The Morgan fingerprint density at radius 3 is 2.27 bits per heavy atom. The monoisotopic (exact) mass is 446 g/mol. The van der Waals surface area contributed by atoms with Crippen LogP contribution >= 0.6 is 11.8 Å². The fourth-order valence-electron chi connectivity index (χ4n) is 2.85. The third-order valence-corrected chi connectivity index (χ3v) is 5.14. The number of ether oxygens (including phenoxy) is 3. The molecule has 166 valence electrons. The number of thioether (sulfide) groups is 1. The first kappa shape index (κ1) is 22.5. The molecule has 0 unspecified atom stereocenters. The van der Waals surface area contributed by atoms with Gasteiger partial charge in [-0.25, -0.2) is 0 Å². The lowest BCUT2D eigenvalue weighted by atomic mass is 10.3. The lowest BCUT2D eigenvalue weighted by Gasteiger charge is -2.28. The summed E-state index contributed by atoms with van der Waals surface area (Å²) in [6.07, 6.45) is -3.43. The van der Waals surface area contributed by atoms with Crippen molar-refractivity contribution in [2.75, 3.05) is 50.2 Å². The van der Waals surface area contributed by atoms with E-state index in [1.165, 1.54) is 11.8 Å². The molecule has 30 heavy (non-hydrogen) atoms. The molecule has 1 aliphatic heterocycles. The van der Waals surface area contributed by atoms with E-state index in [9.17, 15) is 13.2 Å². The van der Waals surface area contributed by atoms with Crippen LogP contribution in [-0.4, -0.2) is 66.2 Å². The number of halogens is 3. The standard InChI is InChI=1S/C19H25F3N4O3S/c1-2-9-28-15-3-5-16(6-4-15)29-12-13-30-18-24-23-17(25-7-10-27-11-8-25)26(18)14-19(20,21)22/h3-6H,2,7-14H2,1H3. The Balaban J connectivity index is 1.55. The van der Waals surface area contributed by atoms with Crippen LogP contribution in [0.5, 0.6) is 11.5 Å². The molecule has 0 saturated carbocycles. The Morgan fingerprint density at radius 1 is 1.03 bits per heavy atom. The van der Waals surface area contributed by atoms with Crippen LogP contribution in [0, 0.1) is 0 Å². The maximum Gasteiger partial charge on any atom is 0.406 e. The molecule has 0 N–H and O–H groups in total. The molecule has 1 aliphatic rings. The highest BCUT2D eigenvalue weighted by atomic mass is 32.2. The van der Waals surface area contributed by atoms with Crippen LogP contribution in [0.3, 0.4) is 0 Å². The van der Waals surface area contributed by atoms with Gasteiger partial charge in [-0.15, -0.1) is 10.2 Å². The number of anilines is 1. The summed E-state index contributed by atoms with van der Waals surface area (Å²) in [5.41, 5.74) is 0. The average molecular weight is 446 g/mol. The number of hydrogen-bond donors (Lipinski definition) is 0. The summed E-state index contributed by atoms with van der Waals surface area (Å²) < 4.78 is 56.9. The maximum absolute atomic E-state index is 13.1. The molecular formula is C19H25F3N4O3S. The third-order valence-electron chi connectivity index (χ3n) is 4.21. The minimum absolute atomic E-state index is 0.223. The molecule has 3 rings (SSSR count). The van der Waals surface area contributed by atoms with Gasteiger partial charge in [-0.3, -0.25) is 4.57 Å².